The van der Waals surface area contributed by atoms with Crippen LogP contribution in [0, 0.1) is 5.92 Å². The van der Waals surface area contributed by atoms with E-state index in [2.05, 4.69) is 15.3 Å². The normalized spacial score (nSPS) is 24.6. The van der Waals surface area contributed by atoms with Gasteiger partial charge in [0, 0.05) is 18.4 Å². The van der Waals surface area contributed by atoms with Crippen molar-refractivity contribution < 1.29 is 18.8 Å². The molecular formula is C21H26ClN6O3+. The first kappa shape index (κ1) is 21.3. The Morgan fingerprint density at radius 3 is 2.48 bits per heavy atom. The Morgan fingerprint density at radius 1 is 1.16 bits per heavy atom. The average molecular weight is 446 g/mol. The molecule has 3 saturated heterocycles. The molecule has 4 heterocycles. The highest BCUT2D eigenvalue weighted by molar-refractivity contribution is 6.31. The lowest BCUT2D eigenvalue weighted by atomic mass is 9.81. The molecule has 0 saturated carbocycles. The number of nitrogens with zero attached hydrogens (tertiary/aromatic N) is 3. The van der Waals surface area contributed by atoms with Gasteiger partial charge in [-0.25, -0.2) is 14.8 Å². The molecule has 2 aromatic rings. The molecule has 2 bridgehead atoms. The zero-order valence-corrected chi connectivity index (χ0v) is 18.1. The fraction of sp³-hybridized carbons (Fsp3) is 0.429. The third-order valence-corrected chi connectivity index (χ3v) is 6.71. The number of hydrogen-bond acceptors (Lipinski definition) is 7. The van der Waals surface area contributed by atoms with E-state index in [0.29, 0.717) is 11.5 Å². The van der Waals surface area contributed by atoms with E-state index < -0.39 is 0 Å². The van der Waals surface area contributed by atoms with E-state index in [1.54, 1.807) is 12.1 Å². The van der Waals surface area contributed by atoms with Gasteiger partial charge in [-0.05, 0) is 18.1 Å². The van der Waals surface area contributed by atoms with Crippen LogP contribution in [-0.2, 0) is 11.3 Å². The Morgan fingerprint density at radius 2 is 1.84 bits per heavy atom. The van der Waals surface area contributed by atoms with Crippen molar-refractivity contribution in [3.63, 3.8) is 0 Å². The zero-order valence-electron chi connectivity index (χ0n) is 17.3. The van der Waals surface area contributed by atoms with Crippen LogP contribution < -0.4 is 16.8 Å². The molecule has 31 heavy (non-hydrogen) atoms. The summed E-state index contributed by atoms with van der Waals surface area (Å²) in [6.07, 6.45) is 2.07. The number of nitrogens with two attached hydrogens (primary N) is 2. The van der Waals surface area contributed by atoms with Crippen LogP contribution in [0.25, 0.3) is 0 Å². The van der Waals surface area contributed by atoms with Crippen molar-refractivity contribution in [3.05, 3.63) is 46.2 Å². The number of nitrogen functional groups attached to an aromatic ring is 2. The van der Waals surface area contributed by atoms with Gasteiger partial charge in [0.15, 0.2) is 22.5 Å². The summed E-state index contributed by atoms with van der Waals surface area (Å²) >= 11 is 5.92. The SMILES string of the molecule is COC(=O)c1ccc(C[N+]23CCC(CC2)C(NC(=O)c2nc(Cl)c(N)nc2N)C3)cc1. The van der Waals surface area contributed by atoms with Crippen LogP contribution in [-0.4, -0.2) is 59.1 Å². The summed E-state index contributed by atoms with van der Waals surface area (Å²) in [6.45, 7) is 3.79. The highest BCUT2D eigenvalue weighted by Crippen LogP contribution is 2.36. The lowest BCUT2D eigenvalue weighted by Gasteiger charge is -2.52. The molecular weight excluding hydrogens is 420 g/mol. The summed E-state index contributed by atoms with van der Waals surface area (Å²) in [4.78, 5) is 32.4. The van der Waals surface area contributed by atoms with Crippen molar-refractivity contribution in [1.29, 1.82) is 0 Å². The number of fused-ring (bicyclic) bond motifs is 3. The molecule has 10 heteroatoms. The molecule has 5 N–H and O–H groups in total. The molecule has 1 aromatic heterocycles. The summed E-state index contributed by atoms with van der Waals surface area (Å²) in [5.74, 6) is -0.336. The molecule has 0 spiro atoms. The number of anilines is 2. The first-order valence-corrected chi connectivity index (χ1v) is 10.6. The summed E-state index contributed by atoms with van der Waals surface area (Å²) < 4.78 is 5.66. The molecule has 1 unspecified atom stereocenters. The number of quaternary nitrogens is 1. The monoisotopic (exact) mass is 445 g/mol. The first-order valence-electron chi connectivity index (χ1n) is 10.2. The van der Waals surface area contributed by atoms with Gasteiger partial charge in [0.05, 0.1) is 38.3 Å². The van der Waals surface area contributed by atoms with E-state index in [1.165, 1.54) is 7.11 Å². The second-order valence-corrected chi connectivity index (χ2v) is 8.73. The Labute approximate surface area is 185 Å². The Hall–Kier alpha value is -2.91. The largest absolute Gasteiger partial charge is 0.465 e. The minimum absolute atomic E-state index is 0.000552. The maximum atomic E-state index is 12.8. The van der Waals surface area contributed by atoms with Gasteiger partial charge in [-0.1, -0.05) is 23.7 Å². The van der Waals surface area contributed by atoms with Crippen LogP contribution in [0.1, 0.15) is 39.3 Å². The van der Waals surface area contributed by atoms with Crippen LogP contribution in [0.3, 0.4) is 0 Å². The van der Waals surface area contributed by atoms with Gasteiger partial charge in [0.25, 0.3) is 5.91 Å². The van der Waals surface area contributed by atoms with E-state index in [0.717, 1.165) is 49.1 Å². The zero-order chi connectivity index (χ0) is 22.2. The van der Waals surface area contributed by atoms with Crippen molar-refractivity contribution in [3.8, 4) is 0 Å². The minimum atomic E-state index is -0.383. The molecule has 0 radical (unpaired) electrons. The number of ether oxygens (including phenoxy) is 1. The Bertz CT molecular complexity index is 1000. The lowest BCUT2D eigenvalue weighted by Crippen LogP contribution is -2.66. The number of carbonyl (C=O) groups is 2. The van der Waals surface area contributed by atoms with E-state index in [4.69, 9.17) is 27.8 Å². The van der Waals surface area contributed by atoms with Crippen molar-refractivity contribution in [2.75, 3.05) is 38.2 Å². The molecule has 1 atom stereocenters. The van der Waals surface area contributed by atoms with Crippen LogP contribution in [0.4, 0.5) is 11.6 Å². The van der Waals surface area contributed by atoms with E-state index >= 15 is 0 Å². The van der Waals surface area contributed by atoms with E-state index in [1.807, 2.05) is 12.1 Å². The van der Waals surface area contributed by atoms with Gasteiger partial charge >= 0.3 is 5.97 Å². The summed E-state index contributed by atoms with van der Waals surface area (Å²) in [5, 5.41) is 3.06. The molecule has 3 aliphatic heterocycles. The maximum Gasteiger partial charge on any atom is 0.337 e. The number of amides is 1. The fourth-order valence-corrected chi connectivity index (χ4v) is 4.90. The van der Waals surface area contributed by atoms with Gasteiger partial charge in [-0.2, -0.15) is 0 Å². The quantitative estimate of drug-likeness (QED) is 0.470. The van der Waals surface area contributed by atoms with Gasteiger partial charge in [0.2, 0.25) is 0 Å². The molecule has 9 nitrogen and oxygen atoms in total. The summed E-state index contributed by atoms with van der Waals surface area (Å²) in [5.41, 5.74) is 13.1. The molecule has 164 valence electrons. The number of methoxy groups -OCH3 is 1. The van der Waals surface area contributed by atoms with E-state index in [-0.39, 0.29) is 40.4 Å². The molecule has 1 amide bonds. The molecule has 3 aliphatic rings. The molecule has 3 fully saturated rings. The molecule has 5 rings (SSSR count). The smallest absolute Gasteiger partial charge is 0.337 e. The number of halogens is 1. The topological polar surface area (TPSA) is 133 Å². The number of nitrogens with one attached hydrogen (secondary N) is 1. The number of esters is 1. The van der Waals surface area contributed by atoms with Gasteiger partial charge < -0.3 is 26.0 Å². The fourth-order valence-electron chi connectivity index (χ4n) is 4.77. The second kappa shape index (κ2) is 8.32. The number of piperidine rings is 3. The molecule has 0 aliphatic carbocycles. The summed E-state index contributed by atoms with van der Waals surface area (Å²) in [6, 6.07) is 7.55. The second-order valence-electron chi connectivity index (χ2n) is 8.37. The van der Waals surface area contributed by atoms with E-state index in [9.17, 15) is 9.59 Å². The first-order chi connectivity index (χ1) is 14.8. The highest BCUT2D eigenvalue weighted by Gasteiger charge is 2.46. The Kier molecular flexibility index (Phi) is 5.72. The number of hydrogen-bond donors (Lipinski definition) is 3. The average Bonchev–Trinajstić information content (AvgIpc) is 2.76. The van der Waals surface area contributed by atoms with Crippen LogP contribution in [0.15, 0.2) is 24.3 Å². The molecule has 1 aromatic carbocycles. The predicted octanol–water partition coefficient (Wildman–Crippen LogP) is 1.62. The number of carbonyl (C=O) groups excluding carboxylic acids is 2. The van der Waals surface area contributed by atoms with Crippen molar-refractivity contribution in [1.82, 2.24) is 15.3 Å². The van der Waals surface area contributed by atoms with Crippen LogP contribution in [0.5, 0.6) is 0 Å². The van der Waals surface area contributed by atoms with Crippen LogP contribution in [0.2, 0.25) is 5.15 Å². The summed E-state index contributed by atoms with van der Waals surface area (Å²) in [7, 11) is 1.37. The predicted molar refractivity (Wildman–Crippen MR) is 116 cm³/mol. The van der Waals surface area contributed by atoms with Crippen molar-refractivity contribution in [2.24, 2.45) is 5.92 Å². The Balaban J connectivity index is 1.47. The number of aromatic nitrogens is 2. The lowest BCUT2D eigenvalue weighted by molar-refractivity contribution is -0.956. The third kappa shape index (κ3) is 4.28. The van der Waals surface area contributed by atoms with Crippen molar-refractivity contribution in [2.45, 2.75) is 25.4 Å². The third-order valence-electron chi connectivity index (χ3n) is 6.43. The number of benzene rings is 1. The van der Waals surface area contributed by atoms with Gasteiger partial charge in [0.1, 0.15) is 6.54 Å². The van der Waals surface area contributed by atoms with Gasteiger partial charge in [-0.15, -0.1) is 0 Å². The van der Waals surface area contributed by atoms with Gasteiger partial charge in [-0.3, -0.25) is 4.79 Å². The van der Waals surface area contributed by atoms with Crippen molar-refractivity contribution >= 4 is 35.1 Å². The number of rotatable bonds is 5. The van der Waals surface area contributed by atoms with Crippen LogP contribution >= 0.6 is 11.6 Å². The standard InChI is InChI=1S/C21H25ClN6O3/c1-31-21(30)14-4-2-12(3-5-14)10-28-8-6-13(7-9-28)15(11-28)25-20(29)16-18(23)27-19(24)17(22)26-16/h2-5,13,15H,6-11H2,1H3,(H4-,23,24,25,27,29)/p+1. The minimum Gasteiger partial charge on any atom is -0.465 e. The highest BCUT2D eigenvalue weighted by atomic mass is 35.5. The maximum absolute atomic E-state index is 12.8.